The number of nitro benzene ring substituents is 1. The minimum Gasteiger partial charge on any atom is -0.497 e. The van der Waals surface area contributed by atoms with Gasteiger partial charge in [-0.25, -0.2) is 4.98 Å². The van der Waals surface area contributed by atoms with E-state index < -0.39 is 4.92 Å². The number of non-ortho nitro benzene ring substituents is 1. The van der Waals surface area contributed by atoms with E-state index in [9.17, 15) is 10.1 Å². The molecule has 0 aliphatic heterocycles. The molecule has 1 aromatic heterocycles. The number of methoxy groups -OCH3 is 1. The first-order chi connectivity index (χ1) is 10.1. The number of aromatic amines is 1. The molecule has 0 spiro atoms. The largest absolute Gasteiger partial charge is 0.497 e. The monoisotopic (exact) mass is 303 g/mol. The van der Waals surface area contributed by atoms with Crippen molar-refractivity contribution >= 4 is 28.3 Å². The molecule has 0 atom stereocenters. The van der Waals surface area contributed by atoms with Crippen LogP contribution >= 0.6 is 11.6 Å². The highest BCUT2D eigenvalue weighted by Gasteiger charge is 2.14. The summed E-state index contributed by atoms with van der Waals surface area (Å²) in [6.45, 7) is 0. The van der Waals surface area contributed by atoms with Gasteiger partial charge in [-0.15, -0.1) is 0 Å². The highest BCUT2D eigenvalue weighted by Crippen LogP contribution is 2.31. The van der Waals surface area contributed by atoms with Gasteiger partial charge in [0.05, 0.1) is 28.1 Å². The molecule has 106 valence electrons. The summed E-state index contributed by atoms with van der Waals surface area (Å²) in [4.78, 5) is 17.9. The van der Waals surface area contributed by atoms with Gasteiger partial charge < -0.3 is 9.72 Å². The van der Waals surface area contributed by atoms with E-state index in [0.29, 0.717) is 22.2 Å². The summed E-state index contributed by atoms with van der Waals surface area (Å²) in [5.41, 5.74) is 1.95. The van der Waals surface area contributed by atoms with Crippen molar-refractivity contribution < 1.29 is 9.66 Å². The Kier molecular flexibility index (Phi) is 3.23. The maximum Gasteiger partial charge on any atom is 0.270 e. The van der Waals surface area contributed by atoms with Crippen LogP contribution in [-0.2, 0) is 0 Å². The number of fused-ring (bicyclic) bond motifs is 1. The van der Waals surface area contributed by atoms with E-state index in [1.54, 1.807) is 25.3 Å². The molecule has 0 bridgehead atoms. The zero-order chi connectivity index (χ0) is 15.0. The maximum absolute atomic E-state index is 10.9. The Hall–Kier alpha value is -2.60. The highest BCUT2D eigenvalue weighted by atomic mass is 35.5. The van der Waals surface area contributed by atoms with Crippen molar-refractivity contribution in [2.75, 3.05) is 7.11 Å². The van der Waals surface area contributed by atoms with Gasteiger partial charge in [0.15, 0.2) is 0 Å². The normalized spacial score (nSPS) is 10.8. The first-order valence-corrected chi connectivity index (χ1v) is 6.44. The van der Waals surface area contributed by atoms with Crippen molar-refractivity contribution in [3.63, 3.8) is 0 Å². The summed E-state index contributed by atoms with van der Waals surface area (Å²) in [7, 11) is 1.58. The number of nitro groups is 1. The van der Waals surface area contributed by atoms with Crippen LogP contribution in [0.4, 0.5) is 5.69 Å². The summed E-state index contributed by atoms with van der Waals surface area (Å²) in [6.07, 6.45) is 0. The van der Waals surface area contributed by atoms with E-state index in [4.69, 9.17) is 16.3 Å². The number of H-pyrrole nitrogens is 1. The fraction of sp³-hybridized carbons (Fsp3) is 0.0714. The van der Waals surface area contributed by atoms with Crippen LogP contribution in [-0.4, -0.2) is 22.0 Å². The van der Waals surface area contributed by atoms with Gasteiger partial charge in [-0.1, -0.05) is 11.6 Å². The van der Waals surface area contributed by atoms with Crippen LogP contribution in [0.3, 0.4) is 0 Å². The number of rotatable bonds is 3. The Morgan fingerprint density at radius 3 is 2.81 bits per heavy atom. The molecule has 0 radical (unpaired) electrons. The van der Waals surface area contributed by atoms with Crippen LogP contribution in [0.1, 0.15) is 0 Å². The van der Waals surface area contributed by atoms with E-state index >= 15 is 0 Å². The van der Waals surface area contributed by atoms with Gasteiger partial charge >= 0.3 is 0 Å². The third-order valence-electron chi connectivity index (χ3n) is 3.10. The molecular formula is C14H10ClN3O3. The lowest BCUT2D eigenvalue weighted by molar-refractivity contribution is -0.384. The molecule has 3 rings (SSSR count). The topological polar surface area (TPSA) is 81.1 Å². The van der Waals surface area contributed by atoms with E-state index in [2.05, 4.69) is 9.97 Å². The minimum absolute atomic E-state index is 0.0348. The molecule has 0 saturated carbocycles. The first-order valence-electron chi connectivity index (χ1n) is 6.06. The second-order valence-corrected chi connectivity index (χ2v) is 4.80. The van der Waals surface area contributed by atoms with Gasteiger partial charge in [-0.2, -0.15) is 0 Å². The first kappa shape index (κ1) is 13.4. The molecule has 0 aliphatic rings. The highest BCUT2D eigenvalue weighted by molar-refractivity contribution is 6.33. The zero-order valence-corrected chi connectivity index (χ0v) is 11.7. The van der Waals surface area contributed by atoms with Crippen molar-refractivity contribution in [2.24, 2.45) is 0 Å². The summed E-state index contributed by atoms with van der Waals surface area (Å²) >= 11 is 6.11. The van der Waals surface area contributed by atoms with Gasteiger partial charge in [0.2, 0.25) is 0 Å². The van der Waals surface area contributed by atoms with Crippen LogP contribution in [0, 0.1) is 10.1 Å². The molecule has 1 heterocycles. The van der Waals surface area contributed by atoms with E-state index in [0.717, 1.165) is 11.0 Å². The standard InChI is InChI=1S/C14H10ClN3O3/c1-21-9-3-5-12-13(7-9)17-14(16-12)10-6-8(18(19)20)2-4-11(10)15/h2-7H,1H3,(H,16,17). The zero-order valence-electron chi connectivity index (χ0n) is 11.0. The van der Waals surface area contributed by atoms with Crippen LogP contribution in [0.5, 0.6) is 5.75 Å². The Morgan fingerprint density at radius 2 is 2.10 bits per heavy atom. The molecule has 0 aliphatic carbocycles. The predicted octanol–water partition coefficient (Wildman–Crippen LogP) is 3.80. The second kappa shape index (κ2) is 5.06. The predicted molar refractivity (Wildman–Crippen MR) is 79.7 cm³/mol. The van der Waals surface area contributed by atoms with Gasteiger partial charge in [0.1, 0.15) is 11.6 Å². The van der Waals surface area contributed by atoms with Crippen molar-refractivity contribution in [3.05, 3.63) is 51.5 Å². The van der Waals surface area contributed by atoms with Crippen molar-refractivity contribution in [1.29, 1.82) is 0 Å². The molecule has 6 nitrogen and oxygen atoms in total. The molecule has 0 saturated heterocycles. The lowest BCUT2D eigenvalue weighted by Crippen LogP contribution is -1.90. The summed E-state index contributed by atoms with van der Waals surface area (Å²) in [6, 6.07) is 9.65. The second-order valence-electron chi connectivity index (χ2n) is 4.39. The number of hydrogen-bond acceptors (Lipinski definition) is 4. The van der Waals surface area contributed by atoms with Gasteiger partial charge in [-0.3, -0.25) is 10.1 Å². The fourth-order valence-electron chi connectivity index (χ4n) is 2.05. The number of halogens is 1. The van der Waals surface area contributed by atoms with Crippen molar-refractivity contribution in [3.8, 4) is 17.1 Å². The number of nitrogens with zero attached hydrogens (tertiary/aromatic N) is 2. The van der Waals surface area contributed by atoms with E-state index in [-0.39, 0.29) is 5.69 Å². The average molecular weight is 304 g/mol. The van der Waals surface area contributed by atoms with Crippen LogP contribution in [0.2, 0.25) is 5.02 Å². The molecule has 0 amide bonds. The van der Waals surface area contributed by atoms with E-state index in [1.165, 1.54) is 18.2 Å². The summed E-state index contributed by atoms with van der Waals surface area (Å²) < 4.78 is 5.15. The van der Waals surface area contributed by atoms with Gasteiger partial charge in [0.25, 0.3) is 5.69 Å². The molecule has 2 aromatic carbocycles. The molecular weight excluding hydrogens is 294 g/mol. The average Bonchev–Trinajstić information content (AvgIpc) is 2.89. The lowest BCUT2D eigenvalue weighted by atomic mass is 10.2. The Balaban J connectivity index is 2.15. The molecule has 0 unspecified atom stereocenters. The van der Waals surface area contributed by atoms with E-state index in [1.807, 2.05) is 0 Å². The Labute approximate surface area is 124 Å². The number of imidazole rings is 1. The fourth-order valence-corrected chi connectivity index (χ4v) is 2.26. The third-order valence-corrected chi connectivity index (χ3v) is 3.43. The smallest absolute Gasteiger partial charge is 0.270 e. The molecule has 21 heavy (non-hydrogen) atoms. The number of hydrogen-bond donors (Lipinski definition) is 1. The molecule has 3 aromatic rings. The SMILES string of the molecule is COc1ccc2nc(-c3cc([N+](=O)[O-])ccc3Cl)[nH]c2c1. The molecule has 7 heteroatoms. The van der Waals surface area contributed by atoms with Gasteiger partial charge in [0, 0.05) is 23.8 Å². The quantitative estimate of drug-likeness (QED) is 0.589. The number of nitrogens with one attached hydrogen (secondary N) is 1. The molecule has 0 fully saturated rings. The van der Waals surface area contributed by atoms with Crippen LogP contribution < -0.4 is 4.74 Å². The summed E-state index contributed by atoms with van der Waals surface area (Å²) in [5.74, 6) is 1.18. The maximum atomic E-state index is 10.9. The number of benzene rings is 2. The Bertz CT molecular complexity index is 845. The molecule has 1 N–H and O–H groups in total. The number of aromatic nitrogens is 2. The van der Waals surface area contributed by atoms with Gasteiger partial charge in [-0.05, 0) is 18.2 Å². The number of ether oxygens (including phenoxy) is 1. The summed E-state index contributed by atoms with van der Waals surface area (Å²) in [5, 5.41) is 11.3. The minimum atomic E-state index is -0.467. The third kappa shape index (κ3) is 2.41. The lowest BCUT2D eigenvalue weighted by Gasteiger charge is -2.00. The van der Waals surface area contributed by atoms with Crippen LogP contribution in [0.25, 0.3) is 22.4 Å². The van der Waals surface area contributed by atoms with Crippen molar-refractivity contribution in [1.82, 2.24) is 9.97 Å². The van der Waals surface area contributed by atoms with Crippen LogP contribution in [0.15, 0.2) is 36.4 Å². The van der Waals surface area contributed by atoms with Crippen molar-refractivity contribution in [2.45, 2.75) is 0 Å². The Morgan fingerprint density at radius 1 is 1.29 bits per heavy atom.